The Morgan fingerprint density at radius 1 is 1.15 bits per heavy atom. The van der Waals surface area contributed by atoms with Gasteiger partial charge in [0.15, 0.2) is 0 Å². The molecular formula is C21H26N2O4. The van der Waals surface area contributed by atoms with Crippen molar-refractivity contribution in [1.29, 1.82) is 0 Å². The van der Waals surface area contributed by atoms with Crippen LogP contribution in [0.4, 0.5) is 5.69 Å². The molecule has 0 radical (unpaired) electrons. The Morgan fingerprint density at radius 2 is 1.96 bits per heavy atom. The minimum atomic E-state index is -0.370. The molecule has 27 heavy (non-hydrogen) atoms. The Morgan fingerprint density at radius 3 is 2.63 bits per heavy atom. The number of benzene rings is 1. The van der Waals surface area contributed by atoms with Gasteiger partial charge in [0.25, 0.3) is 0 Å². The molecule has 2 bridgehead atoms. The first-order valence-corrected chi connectivity index (χ1v) is 9.52. The van der Waals surface area contributed by atoms with E-state index in [-0.39, 0.29) is 18.2 Å². The van der Waals surface area contributed by atoms with Crippen LogP contribution in [0.3, 0.4) is 0 Å². The van der Waals surface area contributed by atoms with Gasteiger partial charge in [-0.15, -0.1) is 0 Å². The number of hydrogen-bond acceptors (Lipinski definition) is 4. The molecule has 4 rings (SSSR count). The van der Waals surface area contributed by atoms with Gasteiger partial charge in [-0.05, 0) is 54.6 Å². The number of methoxy groups -OCH3 is 2. The van der Waals surface area contributed by atoms with E-state index >= 15 is 0 Å². The molecule has 6 nitrogen and oxygen atoms in total. The van der Waals surface area contributed by atoms with Crippen molar-refractivity contribution in [2.45, 2.75) is 25.7 Å². The van der Waals surface area contributed by atoms with Gasteiger partial charge in [-0.2, -0.15) is 0 Å². The van der Waals surface area contributed by atoms with E-state index in [4.69, 9.17) is 9.47 Å². The maximum Gasteiger partial charge on any atom is 0.233 e. The molecule has 3 aliphatic carbocycles. The standard InChI is InChI=1S/C21H26N2O4/c1-26-15-4-6-18(27-2)17(10-15)23-20(25)11-19(24)22-12-13-9-14-3-5-16(13)21(14)7-8-21/h3-6,10,13-14,16H,7-9,11-12H2,1-2H3,(H,22,24)(H,23,25)/t13-,14-,16-/m1/s1. The van der Waals surface area contributed by atoms with Gasteiger partial charge < -0.3 is 20.1 Å². The number of carbonyl (C=O) groups excluding carboxylic acids is 2. The molecule has 6 heteroatoms. The fourth-order valence-corrected chi connectivity index (χ4v) is 4.92. The molecule has 1 spiro atoms. The quantitative estimate of drug-likeness (QED) is 0.572. The van der Waals surface area contributed by atoms with Crippen LogP contribution in [-0.2, 0) is 9.59 Å². The number of anilines is 1. The molecule has 2 amide bonds. The van der Waals surface area contributed by atoms with Gasteiger partial charge in [0.1, 0.15) is 17.9 Å². The van der Waals surface area contributed by atoms with Crippen LogP contribution in [0.15, 0.2) is 30.4 Å². The first-order valence-electron chi connectivity index (χ1n) is 9.52. The fourth-order valence-electron chi connectivity index (χ4n) is 4.92. The topological polar surface area (TPSA) is 76.7 Å². The lowest BCUT2D eigenvalue weighted by Gasteiger charge is -2.20. The van der Waals surface area contributed by atoms with Crippen molar-refractivity contribution in [3.8, 4) is 11.5 Å². The zero-order valence-electron chi connectivity index (χ0n) is 15.8. The van der Waals surface area contributed by atoms with Crippen molar-refractivity contribution in [3.63, 3.8) is 0 Å². The number of carbonyl (C=O) groups is 2. The zero-order valence-corrected chi connectivity index (χ0v) is 15.8. The molecule has 0 saturated heterocycles. The average Bonchev–Trinajstić information content (AvgIpc) is 3.33. The smallest absolute Gasteiger partial charge is 0.233 e. The molecule has 0 unspecified atom stereocenters. The molecule has 1 aromatic rings. The van der Waals surface area contributed by atoms with E-state index in [1.807, 2.05) is 0 Å². The first-order chi connectivity index (χ1) is 13.1. The maximum absolute atomic E-state index is 12.2. The lowest BCUT2D eigenvalue weighted by atomic mass is 9.89. The van der Waals surface area contributed by atoms with E-state index in [1.54, 1.807) is 25.3 Å². The molecule has 0 aromatic heterocycles. The van der Waals surface area contributed by atoms with Crippen molar-refractivity contribution >= 4 is 17.5 Å². The fraction of sp³-hybridized carbons (Fsp3) is 0.524. The van der Waals surface area contributed by atoms with E-state index in [0.29, 0.717) is 46.9 Å². The Balaban J connectivity index is 1.28. The van der Waals surface area contributed by atoms with Crippen LogP contribution in [-0.4, -0.2) is 32.6 Å². The lowest BCUT2D eigenvalue weighted by Crippen LogP contribution is -2.33. The third-order valence-corrected chi connectivity index (χ3v) is 6.41. The van der Waals surface area contributed by atoms with Crippen LogP contribution in [0, 0.1) is 23.2 Å². The van der Waals surface area contributed by atoms with Crippen molar-refractivity contribution in [3.05, 3.63) is 30.4 Å². The third kappa shape index (κ3) is 3.29. The number of hydrogen-bond donors (Lipinski definition) is 2. The molecule has 0 heterocycles. The Hall–Kier alpha value is -2.50. The second-order valence-electron chi connectivity index (χ2n) is 7.84. The van der Waals surface area contributed by atoms with Crippen molar-refractivity contribution in [1.82, 2.24) is 5.32 Å². The Labute approximate surface area is 159 Å². The molecule has 3 atom stereocenters. The number of allylic oxidation sites excluding steroid dienone is 2. The maximum atomic E-state index is 12.2. The van der Waals surface area contributed by atoms with E-state index < -0.39 is 0 Å². The summed E-state index contributed by atoms with van der Waals surface area (Å²) >= 11 is 0. The van der Waals surface area contributed by atoms with Crippen molar-refractivity contribution in [2.24, 2.45) is 23.2 Å². The van der Waals surface area contributed by atoms with Crippen molar-refractivity contribution in [2.75, 3.05) is 26.1 Å². The monoisotopic (exact) mass is 370 g/mol. The van der Waals surface area contributed by atoms with Gasteiger partial charge in [0.2, 0.25) is 11.8 Å². The van der Waals surface area contributed by atoms with Crippen molar-refractivity contribution < 1.29 is 19.1 Å². The van der Waals surface area contributed by atoms with Gasteiger partial charge >= 0.3 is 0 Å². The molecule has 144 valence electrons. The molecule has 1 aromatic carbocycles. The van der Waals surface area contributed by atoms with Gasteiger partial charge in [0.05, 0.1) is 19.9 Å². The summed E-state index contributed by atoms with van der Waals surface area (Å²) in [6.45, 7) is 0.655. The van der Waals surface area contributed by atoms with Gasteiger partial charge in [-0.3, -0.25) is 9.59 Å². The molecule has 2 saturated carbocycles. The summed E-state index contributed by atoms with van der Waals surface area (Å²) in [4.78, 5) is 24.5. The summed E-state index contributed by atoms with van der Waals surface area (Å²) in [5, 5.41) is 5.68. The van der Waals surface area contributed by atoms with Gasteiger partial charge in [-0.25, -0.2) is 0 Å². The lowest BCUT2D eigenvalue weighted by molar-refractivity contribution is -0.126. The number of nitrogens with one attached hydrogen (secondary N) is 2. The molecule has 2 fully saturated rings. The SMILES string of the molecule is COc1ccc(OC)c(NC(=O)CC(=O)NC[C@H]2C[C@H]3C=C[C@H]2C32CC2)c1. The summed E-state index contributed by atoms with van der Waals surface area (Å²) in [5.74, 6) is 2.33. The average molecular weight is 370 g/mol. The Kier molecular flexibility index (Phi) is 4.58. The van der Waals surface area contributed by atoms with E-state index in [1.165, 1.54) is 20.0 Å². The number of ether oxygens (including phenoxy) is 2. The predicted octanol–water partition coefficient (Wildman–Crippen LogP) is 2.75. The van der Waals surface area contributed by atoms with E-state index in [0.717, 1.165) is 6.42 Å². The summed E-state index contributed by atoms with van der Waals surface area (Å²) in [6, 6.07) is 5.13. The first kappa shape index (κ1) is 17.9. The molecule has 2 N–H and O–H groups in total. The highest BCUT2D eigenvalue weighted by molar-refractivity contribution is 6.04. The second kappa shape index (κ2) is 6.91. The highest BCUT2D eigenvalue weighted by atomic mass is 16.5. The third-order valence-electron chi connectivity index (χ3n) is 6.41. The highest BCUT2D eigenvalue weighted by Gasteiger charge is 2.62. The van der Waals surface area contributed by atoms with Crippen LogP contribution in [0.25, 0.3) is 0 Å². The summed E-state index contributed by atoms with van der Waals surface area (Å²) < 4.78 is 10.4. The molecular weight excluding hydrogens is 344 g/mol. The second-order valence-corrected chi connectivity index (χ2v) is 7.84. The van der Waals surface area contributed by atoms with Crippen LogP contribution in [0.5, 0.6) is 11.5 Å². The summed E-state index contributed by atoms with van der Waals surface area (Å²) in [7, 11) is 3.08. The Bertz CT molecular complexity index is 784. The normalized spacial score (nSPS) is 26.1. The number of rotatable bonds is 7. The number of amides is 2. The largest absolute Gasteiger partial charge is 0.497 e. The predicted molar refractivity (Wildman–Crippen MR) is 102 cm³/mol. The molecule has 3 aliphatic rings. The van der Waals surface area contributed by atoms with E-state index in [2.05, 4.69) is 22.8 Å². The van der Waals surface area contributed by atoms with Crippen LogP contribution < -0.4 is 20.1 Å². The van der Waals surface area contributed by atoms with Crippen LogP contribution >= 0.6 is 0 Å². The summed E-state index contributed by atoms with van der Waals surface area (Å²) in [5.41, 5.74) is 1.01. The zero-order chi connectivity index (χ0) is 19.0. The van der Waals surface area contributed by atoms with Gasteiger partial charge in [-0.1, -0.05) is 12.2 Å². The van der Waals surface area contributed by atoms with Crippen LogP contribution in [0.1, 0.15) is 25.7 Å². The highest BCUT2D eigenvalue weighted by Crippen LogP contribution is 2.69. The molecule has 0 aliphatic heterocycles. The minimum absolute atomic E-state index is 0.206. The summed E-state index contributed by atoms with van der Waals surface area (Å²) in [6.07, 6.45) is 8.32. The minimum Gasteiger partial charge on any atom is -0.497 e. The van der Waals surface area contributed by atoms with Crippen LogP contribution in [0.2, 0.25) is 0 Å². The van der Waals surface area contributed by atoms with E-state index in [9.17, 15) is 9.59 Å². The van der Waals surface area contributed by atoms with Gasteiger partial charge in [0, 0.05) is 12.6 Å².